The Balaban J connectivity index is 0. The fourth-order valence-electron chi connectivity index (χ4n) is 6.09. The molecule has 0 aromatic carbocycles. The Kier molecular flexibility index (Phi) is 21.0. The highest BCUT2D eigenvalue weighted by atomic mass is 28.5. The van der Waals surface area contributed by atoms with Crippen LogP contribution in [-0.2, 0) is 37.0 Å². The van der Waals surface area contributed by atoms with Crippen LogP contribution in [0.1, 0.15) is 19.8 Å². The largest absolute Gasteiger partial charge is 0.440 e. The molecule has 0 heterocycles. The number of rotatable bonds is 21. The van der Waals surface area contributed by atoms with Crippen LogP contribution in [0.2, 0.25) is 150 Å². The quantitative estimate of drug-likeness (QED) is 0.113. The maximum atomic E-state index is 10.3. The van der Waals surface area contributed by atoms with Crippen molar-refractivity contribution < 1.29 is 41.8 Å². The average molecular weight is 860 g/mol. The summed E-state index contributed by atoms with van der Waals surface area (Å²) in [5, 5.41) is 0. The lowest BCUT2D eigenvalue weighted by Gasteiger charge is -2.44. The Labute approximate surface area is 304 Å². The van der Waals surface area contributed by atoms with Crippen molar-refractivity contribution in [2.75, 3.05) is 0 Å². The minimum Gasteiger partial charge on any atom is -0.440 e. The van der Waals surface area contributed by atoms with Gasteiger partial charge < -0.3 is 41.8 Å². The van der Waals surface area contributed by atoms with Gasteiger partial charge in [-0.05, 0) is 131 Å². The van der Waals surface area contributed by atoms with Crippen molar-refractivity contribution in [3.63, 3.8) is 0 Å². The molecule has 21 heteroatoms. The molecule has 0 rings (SSSR count). The third-order valence-corrected chi connectivity index (χ3v) is 42.8. The second kappa shape index (κ2) is 19.4. The van der Waals surface area contributed by atoms with Crippen LogP contribution < -0.4 is 0 Å². The Bertz CT molecular complexity index is 911. The smallest absolute Gasteiger partial charge is 0.320 e. The maximum Gasteiger partial charge on any atom is 0.320 e. The lowest BCUT2D eigenvalue weighted by atomic mass is 10.4. The van der Waals surface area contributed by atoms with E-state index in [9.17, 15) is 4.80 Å². The van der Waals surface area contributed by atoms with E-state index >= 15 is 0 Å². The number of unbranched alkanes of at least 4 members (excludes halogenated alkanes) is 1. The van der Waals surface area contributed by atoms with Crippen molar-refractivity contribution in [3.8, 4) is 0 Å². The van der Waals surface area contributed by atoms with Gasteiger partial charge in [-0.1, -0.05) is 38.9 Å². The molecule has 0 spiro atoms. The SMILES string of the molecule is CCCC[SiH](C)C.C[SiH](C)O[Si](C)(C)O[Si](C)(C)O[Si](C)(C)O[Si](C)(C)O[Si](C)(C)O[Si](C)(C)O[Si](C)(C)O[Si](C)(C)O[Si](C)(C)O. The van der Waals surface area contributed by atoms with Gasteiger partial charge in [0.25, 0.3) is 0 Å². The van der Waals surface area contributed by atoms with E-state index < -0.39 is 86.1 Å². The zero-order valence-electron chi connectivity index (χ0n) is 34.9. The fourth-order valence-corrected chi connectivity index (χ4v) is 54.2. The second-order valence-electron chi connectivity index (χ2n) is 17.2. The number of hydrogen-bond donors (Lipinski definition) is 1. The highest BCUT2D eigenvalue weighted by Gasteiger charge is 2.50. The van der Waals surface area contributed by atoms with E-state index in [-0.39, 0.29) is 8.80 Å². The van der Waals surface area contributed by atoms with Crippen LogP contribution in [0.5, 0.6) is 0 Å². The first-order chi connectivity index (χ1) is 20.3. The van der Waals surface area contributed by atoms with E-state index in [0.29, 0.717) is 0 Å². The predicted octanol–water partition coefficient (Wildman–Crippen LogP) is 8.70. The third-order valence-electron chi connectivity index (χ3n) is 5.59. The highest BCUT2D eigenvalue weighted by Crippen LogP contribution is 2.30. The van der Waals surface area contributed by atoms with Gasteiger partial charge in [0, 0.05) is 8.80 Å². The average Bonchev–Trinajstić information content (AvgIpc) is 2.62. The summed E-state index contributed by atoms with van der Waals surface area (Å²) in [5.41, 5.74) is 0. The normalized spacial score (nSPS) is 14.9. The topological polar surface area (TPSA) is 103 Å². The highest BCUT2D eigenvalue weighted by molar-refractivity contribution is 6.92. The van der Waals surface area contributed by atoms with Crippen LogP contribution in [0, 0.1) is 0 Å². The molecule has 286 valence electrons. The molecule has 0 saturated heterocycles. The van der Waals surface area contributed by atoms with Crippen LogP contribution in [0.4, 0.5) is 0 Å². The molecule has 0 amide bonds. The lowest BCUT2D eigenvalue weighted by molar-refractivity contribution is 0.255. The van der Waals surface area contributed by atoms with Gasteiger partial charge in [0.15, 0.2) is 9.04 Å². The molecule has 0 aliphatic carbocycles. The van der Waals surface area contributed by atoms with Crippen molar-refractivity contribution in [2.45, 2.75) is 170 Å². The van der Waals surface area contributed by atoms with Gasteiger partial charge in [0.05, 0.1) is 0 Å². The summed E-state index contributed by atoms with van der Waals surface area (Å²) in [7, 11) is -24.7. The third kappa shape index (κ3) is 29.2. The van der Waals surface area contributed by atoms with E-state index in [1.807, 2.05) is 65.5 Å². The second-order valence-corrected chi connectivity index (χ2v) is 55.4. The van der Waals surface area contributed by atoms with E-state index in [0.717, 1.165) is 0 Å². The monoisotopic (exact) mass is 858 g/mol. The summed E-state index contributed by atoms with van der Waals surface area (Å²) in [5.74, 6) is 0. The number of hydrogen-bond acceptors (Lipinski definition) is 10. The molecule has 0 aromatic heterocycles. The zero-order chi connectivity index (χ0) is 38.1. The van der Waals surface area contributed by atoms with E-state index in [4.69, 9.17) is 37.0 Å². The van der Waals surface area contributed by atoms with Crippen molar-refractivity contribution >= 4 is 94.9 Å². The molecule has 0 aromatic rings. The summed E-state index contributed by atoms with van der Waals surface area (Å²) < 4.78 is 58.3. The van der Waals surface area contributed by atoms with Crippen LogP contribution >= 0.6 is 0 Å². The van der Waals surface area contributed by atoms with Crippen LogP contribution in [0.3, 0.4) is 0 Å². The van der Waals surface area contributed by atoms with Gasteiger partial charge >= 0.3 is 77.0 Å². The molecule has 0 bridgehead atoms. The predicted molar refractivity (Wildman–Crippen MR) is 227 cm³/mol. The van der Waals surface area contributed by atoms with E-state index in [1.165, 1.54) is 18.9 Å². The van der Waals surface area contributed by atoms with Crippen molar-refractivity contribution in [1.82, 2.24) is 0 Å². The van der Waals surface area contributed by atoms with Crippen molar-refractivity contribution in [2.24, 2.45) is 0 Å². The maximum absolute atomic E-state index is 10.3. The molecular weight excluding hydrogens is 781 g/mol. The van der Waals surface area contributed by atoms with E-state index in [1.54, 1.807) is 13.1 Å². The minimum atomic E-state index is -2.72. The molecule has 0 radical (unpaired) electrons. The molecule has 1 N–H and O–H groups in total. The van der Waals surface area contributed by atoms with Gasteiger partial charge in [-0.15, -0.1) is 0 Å². The van der Waals surface area contributed by atoms with E-state index in [2.05, 4.69) is 72.4 Å². The molecule has 0 aliphatic heterocycles. The molecule has 0 atom stereocenters. The van der Waals surface area contributed by atoms with Crippen LogP contribution in [0.15, 0.2) is 0 Å². The Morgan fingerprint density at radius 1 is 0.404 bits per heavy atom. The molecule has 47 heavy (non-hydrogen) atoms. The van der Waals surface area contributed by atoms with Gasteiger partial charge in [0.2, 0.25) is 0 Å². The summed E-state index contributed by atoms with van der Waals surface area (Å²) in [6.07, 6.45) is 2.84. The van der Waals surface area contributed by atoms with Crippen LogP contribution in [-0.4, -0.2) is 99.7 Å². The van der Waals surface area contributed by atoms with Gasteiger partial charge in [-0.25, -0.2) is 0 Å². The van der Waals surface area contributed by atoms with Crippen molar-refractivity contribution in [3.05, 3.63) is 0 Å². The molecule has 10 nitrogen and oxygen atoms in total. The Morgan fingerprint density at radius 2 is 0.638 bits per heavy atom. The van der Waals surface area contributed by atoms with Gasteiger partial charge in [0.1, 0.15) is 0 Å². The standard InChI is InChI=1S/C20H62O10Si10.C6H16Si/c1-31(2)22-33(5,6)24-35(9,10)26-37(13,14)28-39(17,18)30-40(19,20)29-38(15,16)27-36(11,12)25-34(7,8)23-32(3,4)21;1-4-5-6-7(2)3/h21,31H,1-20H3;7H,4-6H2,1-3H3. The Hall–Kier alpha value is 1.99. The van der Waals surface area contributed by atoms with Gasteiger partial charge in [-0.3, -0.25) is 0 Å². The fraction of sp³-hybridized carbons (Fsp3) is 1.00. The summed E-state index contributed by atoms with van der Waals surface area (Å²) in [4.78, 5) is 10.3. The molecule has 0 aliphatic rings. The first-order valence-electron chi connectivity index (χ1n) is 17.4. The van der Waals surface area contributed by atoms with Crippen LogP contribution in [0.25, 0.3) is 0 Å². The van der Waals surface area contributed by atoms with Gasteiger partial charge in [-0.2, -0.15) is 0 Å². The first kappa shape index (κ1) is 51.1. The molecule has 0 saturated carbocycles. The minimum absolute atomic E-state index is 0.188. The summed E-state index contributed by atoms with van der Waals surface area (Å²) in [6, 6.07) is 1.54. The zero-order valence-corrected chi connectivity index (χ0v) is 46.2. The van der Waals surface area contributed by atoms with Crippen molar-refractivity contribution in [1.29, 1.82) is 0 Å². The summed E-state index contributed by atoms with van der Waals surface area (Å²) >= 11 is 0. The Morgan fingerprint density at radius 3 is 0.809 bits per heavy atom. The summed E-state index contributed by atoms with van der Waals surface area (Å²) in [6.45, 7) is 47.5. The molecule has 0 fully saturated rings. The lowest BCUT2D eigenvalue weighted by Crippen LogP contribution is -2.62. The molecule has 0 unspecified atom stereocenters. The first-order valence-corrected chi connectivity index (χ1v) is 48.6. The molecular formula is C26H78O10Si11.